The Morgan fingerprint density at radius 3 is 2.71 bits per heavy atom. The normalized spacial score (nSPS) is 33.1. The Morgan fingerprint density at radius 2 is 1.94 bits per heavy atom. The van der Waals surface area contributed by atoms with E-state index in [0.717, 1.165) is 12.0 Å². The Morgan fingerprint density at radius 1 is 1.24 bits per heavy atom. The number of esters is 1. The van der Waals surface area contributed by atoms with Gasteiger partial charge in [0.25, 0.3) is 0 Å². The lowest BCUT2D eigenvalue weighted by Gasteiger charge is -2.28. The molecular formula is C14H18O3. The van der Waals surface area contributed by atoms with Crippen LogP contribution in [-0.4, -0.2) is 18.2 Å². The summed E-state index contributed by atoms with van der Waals surface area (Å²) >= 11 is 0. The third-order valence-electron chi connectivity index (χ3n) is 2.91. The fraction of sp³-hybridized carbons (Fsp3) is 0.500. The van der Waals surface area contributed by atoms with Gasteiger partial charge in [0.15, 0.2) is 0 Å². The van der Waals surface area contributed by atoms with E-state index >= 15 is 0 Å². The minimum atomic E-state index is -0.408. The number of hydrogen-bond acceptors (Lipinski definition) is 3. The molecule has 1 heterocycles. The molecule has 0 unspecified atom stereocenters. The number of hydrogen-bond donors (Lipinski definition) is 0. The monoisotopic (exact) mass is 234 g/mol. The molecule has 0 aromatic heterocycles. The third-order valence-corrected chi connectivity index (χ3v) is 2.91. The van der Waals surface area contributed by atoms with Gasteiger partial charge in [-0.2, -0.15) is 0 Å². The molecule has 3 atom stereocenters. The molecule has 0 bridgehead atoms. The van der Waals surface area contributed by atoms with Gasteiger partial charge in [-0.25, -0.2) is 0 Å². The predicted molar refractivity (Wildman–Crippen MR) is 65.2 cm³/mol. The summed E-state index contributed by atoms with van der Waals surface area (Å²) in [5.74, 6) is 0.0563. The molecule has 3 nitrogen and oxygen atoms in total. The number of ether oxygens (including phenoxy) is 2. The first-order valence-electron chi connectivity index (χ1n) is 6.00. The van der Waals surface area contributed by atoms with E-state index < -0.39 is 5.92 Å². The van der Waals surface area contributed by atoms with Crippen LogP contribution in [0.4, 0.5) is 0 Å². The lowest BCUT2D eigenvalue weighted by Crippen LogP contribution is -2.31. The molecule has 2 aliphatic rings. The van der Waals surface area contributed by atoms with Gasteiger partial charge >= 0.3 is 5.97 Å². The molecule has 2 rings (SSSR count). The quantitative estimate of drug-likeness (QED) is 0.604. The van der Waals surface area contributed by atoms with E-state index in [1.807, 2.05) is 45.1 Å². The summed E-state index contributed by atoms with van der Waals surface area (Å²) in [4.78, 5) is 12.0. The highest BCUT2D eigenvalue weighted by Gasteiger charge is 2.30. The van der Waals surface area contributed by atoms with Crippen LogP contribution >= 0.6 is 0 Å². The van der Waals surface area contributed by atoms with Crippen molar-refractivity contribution >= 4 is 5.97 Å². The maximum Gasteiger partial charge on any atom is 0.320 e. The van der Waals surface area contributed by atoms with Crippen molar-refractivity contribution < 1.29 is 14.3 Å². The Kier molecular flexibility index (Phi) is 3.36. The third kappa shape index (κ3) is 2.78. The van der Waals surface area contributed by atoms with Gasteiger partial charge in [-0.15, -0.1) is 0 Å². The number of fused-ring (bicyclic) bond motifs is 1. The molecule has 0 N–H and O–H groups in total. The zero-order valence-electron chi connectivity index (χ0n) is 10.5. The highest BCUT2D eigenvalue weighted by Crippen LogP contribution is 2.27. The van der Waals surface area contributed by atoms with Crippen molar-refractivity contribution in [3.05, 3.63) is 35.6 Å². The molecule has 0 aromatic rings. The first-order valence-corrected chi connectivity index (χ1v) is 6.00. The molecule has 0 radical (unpaired) electrons. The van der Waals surface area contributed by atoms with Crippen molar-refractivity contribution in [3.8, 4) is 0 Å². The molecule has 1 aliphatic carbocycles. The second kappa shape index (κ2) is 4.78. The number of carbonyl (C=O) groups is 1. The Balaban J connectivity index is 2.31. The number of cyclic esters (lactones) is 1. The number of allylic oxidation sites excluding steroid dienone is 4. The van der Waals surface area contributed by atoms with Crippen LogP contribution in [0, 0.1) is 5.92 Å². The molecule has 0 aromatic carbocycles. The molecule has 92 valence electrons. The zero-order chi connectivity index (χ0) is 12.4. The predicted octanol–water partition coefficient (Wildman–Crippen LogP) is 2.74. The van der Waals surface area contributed by atoms with Gasteiger partial charge < -0.3 is 9.47 Å². The second-order valence-corrected chi connectivity index (χ2v) is 4.73. The summed E-state index contributed by atoms with van der Waals surface area (Å²) < 4.78 is 11.2. The van der Waals surface area contributed by atoms with Gasteiger partial charge in [0.05, 0.1) is 6.10 Å². The lowest BCUT2D eigenvalue weighted by molar-refractivity contribution is -0.155. The summed E-state index contributed by atoms with van der Waals surface area (Å²) in [5.41, 5.74) is 1.08. The summed E-state index contributed by atoms with van der Waals surface area (Å²) in [7, 11) is 0. The van der Waals surface area contributed by atoms with E-state index in [1.54, 1.807) is 0 Å². The van der Waals surface area contributed by atoms with Crippen LogP contribution in [0.3, 0.4) is 0 Å². The highest BCUT2D eigenvalue weighted by atomic mass is 16.6. The van der Waals surface area contributed by atoms with Gasteiger partial charge in [0.1, 0.15) is 17.8 Å². The summed E-state index contributed by atoms with van der Waals surface area (Å²) in [5, 5.41) is 0. The van der Waals surface area contributed by atoms with E-state index in [2.05, 4.69) is 0 Å². The van der Waals surface area contributed by atoms with Crippen LogP contribution in [0.15, 0.2) is 35.6 Å². The molecule has 0 spiro atoms. The van der Waals surface area contributed by atoms with Crippen LogP contribution in [0.1, 0.15) is 27.2 Å². The van der Waals surface area contributed by atoms with Crippen LogP contribution < -0.4 is 0 Å². The standard InChI is InChI=1S/C14H18O3/c1-9-5-4-6-12-13(7-9)16-10(2)8-11(3)17-14(12)15/h4-7,10-12H,8H2,1-3H3/t10-,11+,12-/m0/s1. The van der Waals surface area contributed by atoms with Gasteiger partial charge in [0.2, 0.25) is 0 Å². The maximum atomic E-state index is 12.0. The molecule has 1 fully saturated rings. The van der Waals surface area contributed by atoms with E-state index in [0.29, 0.717) is 5.76 Å². The average molecular weight is 234 g/mol. The van der Waals surface area contributed by atoms with Crippen LogP contribution in [0.2, 0.25) is 0 Å². The lowest BCUT2D eigenvalue weighted by atomic mass is 10.0. The van der Waals surface area contributed by atoms with Crippen molar-refractivity contribution in [2.24, 2.45) is 5.92 Å². The molecule has 3 heteroatoms. The van der Waals surface area contributed by atoms with E-state index in [9.17, 15) is 4.79 Å². The van der Waals surface area contributed by atoms with Crippen molar-refractivity contribution in [3.63, 3.8) is 0 Å². The second-order valence-electron chi connectivity index (χ2n) is 4.73. The minimum Gasteiger partial charge on any atom is -0.494 e. The topological polar surface area (TPSA) is 35.5 Å². The largest absolute Gasteiger partial charge is 0.494 e. The van der Waals surface area contributed by atoms with Crippen molar-refractivity contribution in [1.82, 2.24) is 0 Å². The Bertz CT molecular complexity index is 404. The first-order chi connectivity index (χ1) is 8.06. The molecule has 0 amide bonds. The minimum absolute atomic E-state index is 0.0612. The number of carbonyl (C=O) groups excluding carboxylic acids is 1. The van der Waals surface area contributed by atoms with Crippen molar-refractivity contribution in [2.75, 3.05) is 0 Å². The molecule has 1 aliphatic heterocycles. The van der Waals surface area contributed by atoms with Crippen LogP contribution in [0.25, 0.3) is 0 Å². The van der Waals surface area contributed by atoms with Gasteiger partial charge in [-0.3, -0.25) is 4.79 Å². The van der Waals surface area contributed by atoms with Gasteiger partial charge in [0, 0.05) is 6.42 Å². The van der Waals surface area contributed by atoms with Crippen LogP contribution in [-0.2, 0) is 14.3 Å². The van der Waals surface area contributed by atoms with E-state index in [4.69, 9.17) is 9.47 Å². The fourth-order valence-electron chi connectivity index (χ4n) is 2.15. The molecule has 17 heavy (non-hydrogen) atoms. The Hall–Kier alpha value is -1.51. The molecule has 0 saturated carbocycles. The highest BCUT2D eigenvalue weighted by molar-refractivity contribution is 5.78. The Labute approximate surface area is 102 Å². The van der Waals surface area contributed by atoms with E-state index in [1.165, 1.54) is 0 Å². The van der Waals surface area contributed by atoms with Crippen LogP contribution in [0.5, 0.6) is 0 Å². The average Bonchev–Trinajstić information content (AvgIpc) is 2.37. The summed E-state index contributed by atoms with van der Waals surface area (Å²) in [6.07, 6.45) is 8.28. The van der Waals surface area contributed by atoms with Gasteiger partial charge in [-0.05, 0) is 32.4 Å². The van der Waals surface area contributed by atoms with E-state index in [-0.39, 0.29) is 18.2 Å². The molecular weight excluding hydrogens is 216 g/mol. The molecule has 1 saturated heterocycles. The number of rotatable bonds is 0. The zero-order valence-corrected chi connectivity index (χ0v) is 10.5. The SMILES string of the molecule is CC1=CC=C[C@@H]2C(=O)O[C@H](C)C[C@H](C)OC2=C1. The maximum absolute atomic E-state index is 12.0. The van der Waals surface area contributed by atoms with Gasteiger partial charge in [-0.1, -0.05) is 18.2 Å². The first kappa shape index (κ1) is 12.0. The summed E-state index contributed by atoms with van der Waals surface area (Å²) in [6.45, 7) is 5.89. The van der Waals surface area contributed by atoms with Crippen molar-refractivity contribution in [2.45, 2.75) is 39.4 Å². The summed E-state index contributed by atoms with van der Waals surface area (Å²) in [6, 6.07) is 0. The fourth-order valence-corrected chi connectivity index (χ4v) is 2.15. The van der Waals surface area contributed by atoms with Crippen molar-refractivity contribution in [1.29, 1.82) is 0 Å². The smallest absolute Gasteiger partial charge is 0.320 e.